The number of amides is 1. The van der Waals surface area contributed by atoms with E-state index < -0.39 is 0 Å². The Morgan fingerprint density at radius 3 is 2.59 bits per heavy atom. The lowest BCUT2D eigenvalue weighted by Gasteiger charge is -2.09. The predicted molar refractivity (Wildman–Crippen MR) is 90.7 cm³/mol. The third kappa shape index (κ3) is 2.49. The zero-order valence-corrected chi connectivity index (χ0v) is 13.6. The van der Waals surface area contributed by atoms with E-state index in [0.717, 1.165) is 10.3 Å². The first kappa shape index (κ1) is 15.0. The molecule has 0 atom stereocenters. The zero-order chi connectivity index (χ0) is 15.9. The largest absolute Gasteiger partial charge is 0.321 e. The predicted octanol–water partition coefficient (Wildman–Crippen LogP) is 5.56. The van der Waals surface area contributed by atoms with Crippen LogP contribution in [0.15, 0.2) is 36.4 Å². The molecule has 0 radical (unpaired) electrons. The Bertz CT molecular complexity index is 888. The Morgan fingerprint density at radius 1 is 1.14 bits per heavy atom. The smallest absolute Gasteiger partial charge is 0.266 e. The first-order valence-electron chi connectivity index (χ1n) is 6.73. The van der Waals surface area contributed by atoms with E-state index in [1.165, 1.54) is 17.4 Å². The van der Waals surface area contributed by atoms with Gasteiger partial charge in [0.25, 0.3) is 5.91 Å². The molecule has 0 aliphatic carbocycles. The maximum Gasteiger partial charge on any atom is 0.266 e. The number of benzene rings is 2. The van der Waals surface area contributed by atoms with Crippen LogP contribution in [-0.4, -0.2) is 5.91 Å². The number of hydrogen-bond acceptors (Lipinski definition) is 2. The number of hydrogen-bond donors (Lipinski definition) is 1. The second-order valence-electron chi connectivity index (χ2n) is 5.04. The topological polar surface area (TPSA) is 29.1 Å². The monoisotopic (exact) mass is 333 g/mol. The molecule has 0 aliphatic heterocycles. The number of rotatable bonds is 2. The van der Waals surface area contributed by atoms with Gasteiger partial charge in [0.1, 0.15) is 5.82 Å². The molecule has 0 saturated heterocycles. The fourth-order valence-electron chi connectivity index (χ4n) is 2.39. The molecular formula is C17H13ClFNOS. The van der Waals surface area contributed by atoms with Crippen LogP contribution in [-0.2, 0) is 0 Å². The third-order valence-corrected chi connectivity index (χ3v) is 5.29. The molecular weight excluding hydrogens is 321 g/mol. The standard InChI is InChI=1S/C17H13ClFNOS/c1-9-11(18)5-3-7-13(9)20-17(21)16-10(2)15-12(19)6-4-8-14(15)22-16/h3-8H,1-2H3,(H,20,21). The van der Waals surface area contributed by atoms with Crippen molar-refractivity contribution < 1.29 is 9.18 Å². The van der Waals surface area contributed by atoms with Crippen molar-refractivity contribution in [3.63, 3.8) is 0 Å². The van der Waals surface area contributed by atoms with Gasteiger partial charge in [0.2, 0.25) is 0 Å². The first-order chi connectivity index (χ1) is 10.5. The van der Waals surface area contributed by atoms with E-state index in [1.807, 2.05) is 13.0 Å². The van der Waals surface area contributed by atoms with Gasteiger partial charge in [-0.05, 0) is 49.2 Å². The summed E-state index contributed by atoms with van der Waals surface area (Å²) in [5.41, 5.74) is 2.13. The van der Waals surface area contributed by atoms with Crippen LogP contribution in [0.2, 0.25) is 5.02 Å². The van der Waals surface area contributed by atoms with Crippen molar-refractivity contribution >= 4 is 44.6 Å². The van der Waals surface area contributed by atoms with Gasteiger partial charge in [-0.2, -0.15) is 0 Å². The molecule has 2 aromatic carbocycles. The van der Waals surface area contributed by atoms with Crippen molar-refractivity contribution in [1.29, 1.82) is 0 Å². The van der Waals surface area contributed by atoms with Gasteiger partial charge in [0, 0.05) is 20.8 Å². The summed E-state index contributed by atoms with van der Waals surface area (Å²) in [5, 5.41) is 3.96. The Kier molecular flexibility index (Phi) is 3.89. The number of thiophene rings is 1. The summed E-state index contributed by atoms with van der Waals surface area (Å²) < 4.78 is 14.7. The lowest BCUT2D eigenvalue weighted by molar-refractivity contribution is 0.103. The fraction of sp³-hybridized carbons (Fsp3) is 0.118. The van der Waals surface area contributed by atoms with E-state index in [9.17, 15) is 9.18 Å². The lowest BCUT2D eigenvalue weighted by atomic mass is 10.1. The van der Waals surface area contributed by atoms with Crippen LogP contribution in [0.5, 0.6) is 0 Å². The average Bonchev–Trinajstić information content (AvgIpc) is 2.82. The van der Waals surface area contributed by atoms with Crippen LogP contribution in [0, 0.1) is 19.7 Å². The van der Waals surface area contributed by atoms with Crippen LogP contribution >= 0.6 is 22.9 Å². The van der Waals surface area contributed by atoms with Gasteiger partial charge in [-0.3, -0.25) is 4.79 Å². The molecule has 5 heteroatoms. The van der Waals surface area contributed by atoms with E-state index in [0.29, 0.717) is 26.5 Å². The summed E-state index contributed by atoms with van der Waals surface area (Å²) in [5.74, 6) is -0.548. The number of anilines is 1. The Morgan fingerprint density at radius 2 is 1.86 bits per heavy atom. The maximum absolute atomic E-state index is 13.9. The third-order valence-electron chi connectivity index (χ3n) is 3.63. The minimum absolute atomic E-state index is 0.247. The van der Waals surface area contributed by atoms with Crippen LogP contribution in [0.25, 0.3) is 10.1 Å². The molecule has 2 nitrogen and oxygen atoms in total. The molecule has 3 rings (SSSR count). The molecule has 0 unspecified atom stereocenters. The number of carbonyl (C=O) groups excluding carboxylic acids is 1. The zero-order valence-electron chi connectivity index (χ0n) is 12.0. The number of halogens is 2. The number of nitrogens with one attached hydrogen (secondary N) is 1. The fourth-order valence-corrected chi connectivity index (χ4v) is 3.68. The molecule has 0 spiro atoms. The van der Waals surface area contributed by atoms with Gasteiger partial charge in [0.05, 0.1) is 4.88 Å². The highest BCUT2D eigenvalue weighted by atomic mass is 35.5. The van der Waals surface area contributed by atoms with E-state index in [1.54, 1.807) is 31.2 Å². The van der Waals surface area contributed by atoms with Gasteiger partial charge >= 0.3 is 0 Å². The minimum atomic E-state index is -0.302. The highest BCUT2D eigenvalue weighted by Gasteiger charge is 2.18. The van der Waals surface area contributed by atoms with Gasteiger partial charge < -0.3 is 5.32 Å². The molecule has 0 bridgehead atoms. The molecule has 3 aromatic rings. The Labute approximate surface area is 136 Å². The highest BCUT2D eigenvalue weighted by molar-refractivity contribution is 7.21. The molecule has 0 fully saturated rings. The molecule has 0 aliphatic rings. The van der Waals surface area contributed by atoms with Crippen molar-refractivity contribution in [2.75, 3.05) is 5.32 Å². The molecule has 22 heavy (non-hydrogen) atoms. The number of aryl methyl sites for hydroxylation is 1. The molecule has 1 heterocycles. The lowest BCUT2D eigenvalue weighted by Crippen LogP contribution is -2.12. The average molecular weight is 334 g/mol. The summed E-state index contributed by atoms with van der Waals surface area (Å²) in [6.45, 7) is 3.61. The van der Waals surface area contributed by atoms with Crippen molar-refractivity contribution in [1.82, 2.24) is 0 Å². The summed E-state index contributed by atoms with van der Waals surface area (Å²) in [6.07, 6.45) is 0. The van der Waals surface area contributed by atoms with Crippen molar-refractivity contribution in [3.8, 4) is 0 Å². The first-order valence-corrected chi connectivity index (χ1v) is 7.92. The van der Waals surface area contributed by atoms with Gasteiger partial charge in [0.15, 0.2) is 0 Å². The van der Waals surface area contributed by atoms with Crippen molar-refractivity contribution in [2.24, 2.45) is 0 Å². The molecule has 1 amide bonds. The number of fused-ring (bicyclic) bond motifs is 1. The molecule has 1 aromatic heterocycles. The SMILES string of the molecule is Cc1c(Cl)cccc1NC(=O)c1sc2cccc(F)c2c1C. The molecule has 112 valence electrons. The minimum Gasteiger partial charge on any atom is -0.321 e. The Balaban J connectivity index is 2.01. The van der Waals surface area contributed by atoms with Crippen LogP contribution in [0.3, 0.4) is 0 Å². The summed E-state index contributed by atoms with van der Waals surface area (Å²) in [4.78, 5) is 13.0. The second kappa shape index (κ2) is 5.71. The molecule has 1 N–H and O–H groups in total. The van der Waals surface area contributed by atoms with Gasteiger partial charge in [-0.1, -0.05) is 23.7 Å². The van der Waals surface area contributed by atoms with Crippen molar-refractivity contribution in [2.45, 2.75) is 13.8 Å². The normalized spacial score (nSPS) is 10.9. The van der Waals surface area contributed by atoms with E-state index in [-0.39, 0.29) is 11.7 Å². The van der Waals surface area contributed by atoms with Crippen molar-refractivity contribution in [3.05, 3.63) is 63.2 Å². The van der Waals surface area contributed by atoms with Crippen LogP contribution < -0.4 is 5.32 Å². The summed E-state index contributed by atoms with van der Waals surface area (Å²) in [6, 6.07) is 10.2. The second-order valence-corrected chi connectivity index (χ2v) is 6.50. The van der Waals surface area contributed by atoms with Gasteiger partial charge in [-0.25, -0.2) is 4.39 Å². The van der Waals surface area contributed by atoms with Crippen LogP contribution in [0.4, 0.5) is 10.1 Å². The van der Waals surface area contributed by atoms with E-state index in [4.69, 9.17) is 11.6 Å². The highest BCUT2D eigenvalue weighted by Crippen LogP contribution is 2.33. The Hall–Kier alpha value is -1.91. The summed E-state index contributed by atoms with van der Waals surface area (Å²) >= 11 is 7.35. The summed E-state index contributed by atoms with van der Waals surface area (Å²) in [7, 11) is 0. The molecule has 0 saturated carbocycles. The number of carbonyl (C=O) groups is 1. The van der Waals surface area contributed by atoms with E-state index in [2.05, 4.69) is 5.32 Å². The van der Waals surface area contributed by atoms with Crippen LogP contribution in [0.1, 0.15) is 20.8 Å². The quantitative estimate of drug-likeness (QED) is 0.653. The maximum atomic E-state index is 13.9. The van der Waals surface area contributed by atoms with E-state index >= 15 is 0 Å². The van der Waals surface area contributed by atoms with Gasteiger partial charge in [-0.15, -0.1) is 11.3 Å².